The van der Waals surface area contributed by atoms with Gasteiger partial charge in [0.05, 0.1) is 0 Å². The van der Waals surface area contributed by atoms with Crippen LogP contribution in [-0.4, -0.2) is 0 Å². The molecule has 0 aliphatic heterocycles. The monoisotopic (exact) mass is 608 g/mol. The average Bonchev–Trinajstić information content (AvgIpc) is 3.17. The molecule has 0 bridgehead atoms. The third kappa shape index (κ3) is 4.70. The fraction of sp³-hybridized carbons (Fsp3) is 0. The van der Waals surface area contributed by atoms with Gasteiger partial charge in [0.25, 0.3) is 0 Å². The Morgan fingerprint density at radius 2 is 0.646 bits per heavy atom. The molecule has 0 saturated heterocycles. The minimum atomic E-state index is 1.21. The lowest BCUT2D eigenvalue weighted by Crippen LogP contribution is -1.95. The van der Waals surface area contributed by atoms with E-state index in [-0.39, 0.29) is 0 Å². The number of fused-ring (bicyclic) bond motifs is 3. The van der Waals surface area contributed by atoms with Gasteiger partial charge < -0.3 is 0 Å². The highest BCUT2D eigenvalue weighted by molar-refractivity contribution is 6.23. The molecule has 0 radical (unpaired) electrons. The van der Waals surface area contributed by atoms with E-state index in [0.717, 1.165) is 0 Å². The molecule has 0 heterocycles. The maximum absolute atomic E-state index is 2.35. The van der Waals surface area contributed by atoms with Crippen LogP contribution in [0.15, 0.2) is 194 Å². The van der Waals surface area contributed by atoms with Crippen molar-refractivity contribution in [2.75, 3.05) is 0 Å². The van der Waals surface area contributed by atoms with Crippen LogP contribution in [0, 0.1) is 0 Å². The second-order valence-electron chi connectivity index (χ2n) is 12.4. The summed E-state index contributed by atoms with van der Waals surface area (Å²) in [6, 6.07) is 70.7. The van der Waals surface area contributed by atoms with Crippen LogP contribution in [0.1, 0.15) is 0 Å². The zero-order valence-corrected chi connectivity index (χ0v) is 26.5. The van der Waals surface area contributed by atoms with E-state index in [4.69, 9.17) is 0 Å². The van der Waals surface area contributed by atoms with Crippen molar-refractivity contribution in [3.05, 3.63) is 194 Å². The molecule has 0 amide bonds. The minimum absolute atomic E-state index is 1.21. The quantitative estimate of drug-likeness (QED) is 0.171. The van der Waals surface area contributed by atoms with E-state index in [1.807, 2.05) is 0 Å². The lowest BCUT2D eigenvalue weighted by molar-refractivity contribution is 1.59. The zero-order valence-electron chi connectivity index (χ0n) is 26.5. The summed E-state index contributed by atoms with van der Waals surface area (Å²) in [6.07, 6.45) is 0. The standard InChI is InChI=1S/C48H32/c1-3-16-33(17-4-1)36-22-13-23-37(32-36)47-41-25-9-11-27-43(41)48(44-28-12-10-26-42(44)47)45-31-15-30-40(46(45)35-19-5-2-6-20-35)39-29-14-21-34-18-7-8-24-38(34)39/h1-32H. The first-order chi connectivity index (χ1) is 23.8. The summed E-state index contributed by atoms with van der Waals surface area (Å²) >= 11 is 0. The van der Waals surface area contributed by atoms with E-state index < -0.39 is 0 Å². The van der Waals surface area contributed by atoms with E-state index in [1.54, 1.807) is 0 Å². The third-order valence-corrected chi connectivity index (χ3v) is 9.67. The van der Waals surface area contributed by atoms with Gasteiger partial charge in [-0.2, -0.15) is 0 Å². The molecule has 0 aromatic heterocycles. The van der Waals surface area contributed by atoms with Crippen molar-refractivity contribution in [3.63, 3.8) is 0 Å². The van der Waals surface area contributed by atoms with Crippen molar-refractivity contribution in [1.82, 2.24) is 0 Å². The van der Waals surface area contributed by atoms with E-state index in [0.29, 0.717) is 0 Å². The molecule has 0 spiro atoms. The van der Waals surface area contributed by atoms with Gasteiger partial charge in [0.2, 0.25) is 0 Å². The highest BCUT2D eigenvalue weighted by atomic mass is 14.2. The Morgan fingerprint density at radius 1 is 0.208 bits per heavy atom. The first-order valence-electron chi connectivity index (χ1n) is 16.6. The van der Waals surface area contributed by atoms with Crippen LogP contribution in [0.5, 0.6) is 0 Å². The van der Waals surface area contributed by atoms with Crippen LogP contribution >= 0.6 is 0 Å². The van der Waals surface area contributed by atoms with E-state index in [9.17, 15) is 0 Å². The summed E-state index contributed by atoms with van der Waals surface area (Å²) in [6.45, 7) is 0. The molecule has 0 heteroatoms. The summed E-state index contributed by atoms with van der Waals surface area (Å²) < 4.78 is 0. The van der Waals surface area contributed by atoms with E-state index >= 15 is 0 Å². The maximum atomic E-state index is 2.35. The summed E-state index contributed by atoms with van der Waals surface area (Å²) in [7, 11) is 0. The molecule has 0 saturated carbocycles. The average molecular weight is 609 g/mol. The molecule has 0 atom stereocenters. The van der Waals surface area contributed by atoms with Crippen LogP contribution in [-0.2, 0) is 0 Å². The lowest BCUT2D eigenvalue weighted by atomic mass is 9.81. The van der Waals surface area contributed by atoms with Gasteiger partial charge in [0, 0.05) is 0 Å². The topological polar surface area (TPSA) is 0 Å². The molecule has 224 valence electrons. The Balaban J connectivity index is 1.38. The Labute approximate surface area is 281 Å². The SMILES string of the molecule is c1ccc(-c2cccc(-c3c4ccccc4c(-c4cccc(-c5cccc6ccccc56)c4-c4ccccc4)c4ccccc34)c2)cc1. The second-order valence-corrected chi connectivity index (χ2v) is 12.4. The maximum Gasteiger partial charge on any atom is -0.00199 e. The largest absolute Gasteiger partial charge is 0.0622 e. The number of benzene rings is 9. The van der Waals surface area contributed by atoms with Crippen molar-refractivity contribution in [1.29, 1.82) is 0 Å². The first kappa shape index (κ1) is 28.0. The molecule has 9 aromatic rings. The molecule has 9 aromatic carbocycles. The first-order valence-corrected chi connectivity index (χ1v) is 16.6. The van der Waals surface area contributed by atoms with Crippen molar-refractivity contribution >= 4 is 32.3 Å². The van der Waals surface area contributed by atoms with Gasteiger partial charge >= 0.3 is 0 Å². The predicted molar refractivity (Wildman–Crippen MR) is 206 cm³/mol. The van der Waals surface area contributed by atoms with Crippen LogP contribution in [0.3, 0.4) is 0 Å². The highest BCUT2D eigenvalue weighted by Gasteiger charge is 2.21. The molecule has 0 nitrogen and oxygen atoms in total. The lowest BCUT2D eigenvalue weighted by Gasteiger charge is -2.22. The summed E-state index contributed by atoms with van der Waals surface area (Å²) in [5.41, 5.74) is 12.4. The number of rotatable bonds is 5. The summed E-state index contributed by atoms with van der Waals surface area (Å²) in [4.78, 5) is 0. The molecule has 0 N–H and O–H groups in total. The number of hydrogen-bond donors (Lipinski definition) is 0. The van der Waals surface area contributed by atoms with Gasteiger partial charge in [-0.05, 0) is 94.0 Å². The second kappa shape index (κ2) is 11.8. The molecule has 9 rings (SSSR count). The third-order valence-electron chi connectivity index (χ3n) is 9.67. The van der Waals surface area contributed by atoms with Gasteiger partial charge in [-0.1, -0.05) is 188 Å². The fourth-order valence-electron chi connectivity index (χ4n) is 7.58. The van der Waals surface area contributed by atoms with Crippen LogP contribution in [0.2, 0.25) is 0 Å². The zero-order chi connectivity index (χ0) is 31.9. The summed E-state index contributed by atoms with van der Waals surface area (Å²) in [5, 5.41) is 7.53. The molecular weight excluding hydrogens is 577 g/mol. The van der Waals surface area contributed by atoms with Crippen LogP contribution in [0.4, 0.5) is 0 Å². The molecular formula is C48H32. The summed E-state index contributed by atoms with van der Waals surface area (Å²) in [5.74, 6) is 0. The van der Waals surface area contributed by atoms with Crippen molar-refractivity contribution < 1.29 is 0 Å². The van der Waals surface area contributed by atoms with Gasteiger partial charge in [-0.25, -0.2) is 0 Å². The van der Waals surface area contributed by atoms with Gasteiger partial charge in [-0.15, -0.1) is 0 Å². The molecule has 0 aliphatic rings. The normalized spacial score (nSPS) is 11.3. The Hall–Kier alpha value is -6.24. The molecule has 0 aliphatic carbocycles. The smallest absolute Gasteiger partial charge is 0.00199 e. The van der Waals surface area contributed by atoms with Gasteiger partial charge in [-0.3, -0.25) is 0 Å². The number of hydrogen-bond acceptors (Lipinski definition) is 0. The van der Waals surface area contributed by atoms with Crippen molar-refractivity contribution in [2.45, 2.75) is 0 Å². The molecule has 0 unspecified atom stereocenters. The highest BCUT2D eigenvalue weighted by Crippen LogP contribution is 2.49. The molecule has 48 heavy (non-hydrogen) atoms. The Morgan fingerprint density at radius 3 is 1.33 bits per heavy atom. The Bertz CT molecular complexity index is 2530. The van der Waals surface area contributed by atoms with Gasteiger partial charge in [0.15, 0.2) is 0 Å². The van der Waals surface area contributed by atoms with E-state index in [1.165, 1.54) is 88.0 Å². The Kier molecular flexibility index (Phi) is 6.91. The van der Waals surface area contributed by atoms with E-state index in [2.05, 4.69) is 194 Å². The van der Waals surface area contributed by atoms with Crippen LogP contribution in [0.25, 0.3) is 88.0 Å². The van der Waals surface area contributed by atoms with Crippen LogP contribution < -0.4 is 0 Å². The predicted octanol–water partition coefficient (Wildman–Crippen LogP) is 13.5. The van der Waals surface area contributed by atoms with Crippen molar-refractivity contribution in [2.24, 2.45) is 0 Å². The minimum Gasteiger partial charge on any atom is -0.0622 e. The molecule has 0 fully saturated rings. The van der Waals surface area contributed by atoms with Gasteiger partial charge in [0.1, 0.15) is 0 Å². The fourth-order valence-corrected chi connectivity index (χ4v) is 7.58. The van der Waals surface area contributed by atoms with Crippen molar-refractivity contribution in [3.8, 4) is 55.6 Å².